The lowest BCUT2D eigenvalue weighted by molar-refractivity contribution is -0.137. The first-order chi connectivity index (χ1) is 16.5. The second-order valence-corrected chi connectivity index (χ2v) is 9.41. The van der Waals surface area contributed by atoms with Gasteiger partial charge in [-0.1, -0.05) is 59.1 Å². The first-order valence-electron chi connectivity index (χ1n) is 12.9. The van der Waals surface area contributed by atoms with E-state index in [1.165, 1.54) is 24.8 Å². The van der Waals surface area contributed by atoms with E-state index in [1.54, 1.807) is 6.20 Å². The zero-order valence-electron chi connectivity index (χ0n) is 21.3. The Morgan fingerprint density at radius 3 is 2.65 bits per heavy atom. The highest BCUT2D eigenvalue weighted by molar-refractivity contribution is 5.76. The quantitative estimate of drug-likeness (QED) is 0.278. The minimum absolute atomic E-state index is 0.173. The Labute approximate surface area is 205 Å². The number of esters is 1. The highest BCUT2D eigenvalue weighted by Crippen LogP contribution is 2.30. The summed E-state index contributed by atoms with van der Waals surface area (Å²) in [5.74, 6) is 1.86. The molecule has 0 radical (unpaired) electrons. The monoisotopic (exact) mass is 467 g/mol. The normalized spacial score (nSPS) is 15.8. The van der Waals surface area contributed by atoms with Gasteiger partial charge in [0.25, 0.3) is 0 Å². The van der Waals surface area contributed by atoms with Gasteiger partial charge in [-0.05, 0) is 49.2 Å². The maximum Gasteiger partial charge on any atom is 0.313 e. The molecular weight excluding hydrogens is 426 g/mol. The smallest absolute Gasteiger partial charge is 0.313 e. The number of nitrogens with zero attached hydrogens (tertiary/aromatic N) is 3. The predicted octanol–water partition coefficient (Wildman–Crippen LogP) is 5.70. The topological polar surface area (TPSA) is 54.9 Å². The largest absolute Gasteiger partial charge is 0.494 e. The Morgan fingerprint density at radius 1 is 1.15 bits per heavy atom. The van der Waals surface area contributed by atoms with E-state index in [0.29, 0.717) is 11.8 Å². The summed E-state index contributed by atoms with van der Waals surface area (Å²) in [5, 5.41) is 0. The van der Waals surface area contributed by atoms with E-state index >= 15 is 0 Å². The van der Waals surface area contributed by atoms with Crippen LogP contribution in [0.4, 0.5) is 5.82 Å². The molecule has 1 atom stereocenters. The Morgan fingerprint density at radius 2 is 1.94 bits per heavy atom. The van der Waals surface area contributed by atoms with Gasteiger partial charge in [0.2, 0.25) is 0 Å². The number of likely N-dealkylation sites (N-methyl/N-ethyl adjacent to an activating group) is 1. The molecule has 1 saturated heterocycles. The van der Waals surface area contributed by atoms with Crippen LogP contribution in [0, 0.1) is 5.92 Å². The molecule has 0 saturated carbocycles. The van der Waals surface area contributed by atoms with E-state index < -0.39 is 0 Å². The van der Waals surface area contributed by atoms with Crippen molar-refractivity contribution in [1.29, 1.82) is 0 Å². The van der Waals surface area contributed by atoms with Crippen LogP contribution in [0.2, 0.25) is 0 Å². The Balaban J connectivity index is 1.55. The highest BCUT2D eigenvalue weighted by atomic mass is 16.5. The number of unbranched alkanes of at least 4 members (excludes halogenated alkanes) is 3. The molecular formula is C28H41N3O3. The second kappa shape index (κ2) is 13.3. The fourth-order valence-electron chi connectivity index (χ4n) is 4.30. The number of hydrogen-bond acceptors (Lipinski definition) is 6. The first-order valence-corrected chi connectivity index (χ1v) is 12.9. The standard InChI is InChI=1S/C28H41N3O3/c1-5-7-8-9-19-33-25-14-12-23(13-15-25)20-30(6-2)24-16-18-31(21-24)27-26(11-10-17-29-27)34-28(32)22(3)4/h10-15,17,22,24H,5-9,16,18-21H2,1-4H3/t24-/m1/s1. The van der Waals surface area contributed by atoms with Crippen molar-refractivity contribution in [3.63, 3.8) is 0 Å². The van der Waals surface area contributed by atoms with Crippen LogP contribution in [0.3, 0.4) is 0 Å². The fraction of sp³-hybridized carbons (Fsp3) is 0.571. The van der Waals surface area contributed by atoms with Crippen molar-refractivity contribution in [3.8, 4) is 11.5 Å². The fourth-order valence-corrected chi connectivity index (χ4v) is 4.30. The summed E-state index contributed by atoms with van der Waals surface area (Å²) in [6, 6.07) is 12.6. The lowest BCUT2D eigenvalue weighted by Crippen LogP contribution is -2.37. The molecule has 1 aliphatic heterocycles. The number of ether oxygens (including phenoxy) is 2. The molecule has 0 spiro atoms. The van der Waals surface area contributed by atoms with Gasteiger partial charge in [0, 0.05) is 31.9 Å². The summed E-state index contributed by atoms with van der Waals surface area (Å²) in [6.07, 6.45) is 7.69. The number of carbonyl (C=O) groups is 1. The predicted molar refractivity (Wildman–Crippen MR) is 137 cm³/mol. The van der Waals surface area contributed by atoms with E-state index in [-0.39, 0.29) is 11.9 Å². The maximum atomic E-state index is 12.1. The molecule has 6 heteroatoms. The van der Waals surface area contributed by atoms with E-state index in [1.807, 2.05) is 26.0 Å². The van der Waals surface area contributed by atoms with E-state index in [0.717, 1.165) is 57.2 Å². The highest BCUT2D eigenvalue weighted by Gasteiger charge is 2.30. The zero-order chi connectivity index (χ0) is 24.3. The third-order valence-electron chi connectivity index (χ3n) is 6.39. The van der Waals surface area contributed by atoms with Crippen molar-refractivity contribution < 1.29 is 14.3 Å². The molecule has 0 amide bonds. The van der Waals surface area contributed by atoms with Crippen molar-refractivity contribution in [3.05, 3.63) is 48.2 Å². The molecule has 1 aromatic carbocycles. The van der Waals surface area contributed by atoms with Gasteiger partial charge in [0.05, 0.1) is 12.5 Å². The van der Waals surface area contributed by atoms with Crippen LogP contribution in [-0.2, 0) is 11.3 Å². The van der Waals surface area contributed by atoms with Crippen molar-refractivity contribution in [1.82, 2.24) is 9.88 Å². The zero-order valence-corrected chi connectivity index (χ0v) is 21.3. The van der Waals surface area contributed by atoms with Crippen molar-refractivity contribution >= 4 is 11.8 Å². The average molecular weight is 468 g/mol. The SMILES string of the molecule is CCCCCCOc1ccc(CN(CC)[C@@H]2CCN(c3ncccc3OC(=O)C(C)C)C2)cc1. The van der Waals surface area contributed by atoms with Gasteiger partial charge in [0.1, 0.15) is 5.75 Å². The lowest BCUT2D eigenvalue weighted by Gasteiger charge is -2.28. The summed E-state index contributed by atoms with van der Waals surface area (Å²) in [4.78, 5) is 21.4. The molecule has 0 N–H and O–H groups in total. The summed E-state index contributed by atoms with van der Waals surface area (Å²) in [5.41, 5.74) is 1.29. The average Bonchev–Trinajstić information content (AvgIpc) is 3.33. The Kier molecular flexibility index (Phi) is 10.2. The Bertz CT molecular complexity index is 885. The molecule has 0 aliphatic carbocycles. The molecule has 2 aromatic rings. The van der Waals surface area contributed by atoms with Gasteiger partial charge in [-0.15, -0.1) is 0 Å². The first kappa shape index (κ1) is 26.0. The number of anilines is 1. The van der Waals surface area contributed by atoms with Crippen LogP contribution < -0.4 is 14.4 Å². The van der Waals surface area contributed by atoms with Crippen LogP contribution >= 0.6 is 0 Å². The van der Waals surface area contributed by atoms with Crippen LogP contribution in [-0.4, -0.2) is 48.1 Å². The number of pyridine rings is 1. The number of carbonyl (C=O) groups excluding carboxylic acids is 1. The van der Waals surface area contributed by atoms with Crippen LogP contribution in [0.25, 0.3) is 0 Å². The molecule has 3 rings (SSSR count). The summed E-state index contributed by atoms with van der Waals surface area (Å²) in [7, 11) is 0. The third kappa shape index (κ3) is 7.45. The van der Waals surface area contributed by atoms with Crippen LogP contribution in [0.5, 0.6) is 11.5 Å². The van der Waals surface area contributed by atoms with Crippen molar-refractivity contribution in [2.45, 2.75) is 72.4 Å². The molecule has 6 nitrogen and oxygen atoms in total. The molecule has 1 aromatic heterocycles. The lowest BCUT2D eigenvalue weighted by atomic mass is 10.1. The van der Waals surface area contributed by atoms with Crippen LogP contribution in [0.15, 0.2) is 42.6 Å². The molecule has 2 heterocycles. The van der Waals surface area contributed by atoms with Gasteiger partial charge in [-0.25, -0.2) is 4.98 Å². The van der Waals surface area contributed by atoms with Gasteiger partial charge in [-0.2, -0.15) is 0 Å². The summed E-state index contributed by atoms with van der Waals surface area (Å²) >= 11 is 0. The third-order valence-corrected chi connectivity index (χ3v) is 6.39. The van der Waals surface area contributed by atoms with Crippen LogP contribution in [0.1, 0.15) is 65.4 Å². The number of hydrogen-bond donors (Lipinski definition) is 0. The molecule has 1 aliphatic rings. The second-order valence-electron chi connectivity index (χ2n) is 9.41. The molecule has 0 bridgehead atoms. The van der Waals surface area contributed by atoms with Gasteiger partial charge in [0.15, 0.2) is 11.6 Å². The number of rotatable bonds is 13. The summed E-state index contributed by atoms with van der Waals surface area (Å²) < 4.78 is 11.5. The van der Waals surface area contributed by atoms with Crippen molar-refractivity contribution in [2.24, 2.45) is 5.92 Å². The summed E-state index contributed by atoms with van der Waals surface area (Å²) in [6.45, 7) is 12.6. The minimum atomic E-state index is -0.228. The van der Waals surface area contributed by atoms with E-state index in [9.17, 15) is 4.79 Å². The minimum Gasteiger partial charge on any atom is -0.494 e. The van der Waals surface area contributed by atoms with Gasteiger partial charge < -0.3 is 14.4 Å². The van der Waals surface area contributed by atoms with Gasteiger partial charge >= 0.3 is 5.97 Å². The van der Waals surface area contributed by atoms with Gasteiger partial charge in [-0.3, -0.25) is 9.69 Å². The van der Waals surface area contributed by atoms with E-state index in [2.05, 4.69) is 52.9 Å². The maximum absolute atomic E-state index is 12.1. The van der Waals surface area contributed by atoms with Crippen molar-refractivity contribution in [2.75, 3.05) is 31.1 Å². The molecule has 186 valence electrons. The van der Waals surface area contributed by atoms with E-state index in [4.69, 9.17) is 9.47 Å². The number of benzene rings is 1. The molecule has 0 unspecified atom stereocenters. The molecule has 1 fully saturated rings. The number of aromatic nitrogens is 1. The molecule has 34 heavy (non-hydrogen) atoms. The Hall–Kier alpha value is -2.60.